The fourth-order valence-corrected chi connectivity index (χ4v) is 2.99. The van der Waals surface area contributed by atoms with Crippen LogP contribution >= 0.6 is 11.8 Å². The molecule has 0 saturated heterocycles. The van der Waals surface area contributed by atoms with Crippen molar-refractivity contribution < 1.29 is 9.53 Å². The molecule has 2 aromatic rings. The number of amides is 1. The summed E-state index contributed by atoms with van der Waals surface area (Å²) in [4.78, 5) is 16.0. The normalized spacial score (nSPS) is 12.2. The van der Waals surface area contributed by atoms with Crippen LogP contribution in [-0.4, -0.2) is 24.9 Å². The van der Waals surface area contributed by atoms with Gasteiger partial charge in [-0.15, -0.1) is 11.8 Å². The van der Waals surface area contributed by atoms with Gasteiger partial charge in [0.2, 0.25) is 5.91 Å². The van der Waals surface area contributed by atoms with Gasteiger partial charge >= 0.3 is 0 Å². The molecule has 0 aliphatic carbocycles. The zero-order chi connectivity index (χ0) is 17.5. The molecule has 2 rings (SSSR count). The molecule has 0 spiro atoms. The van der Waals surface area contributed by atoms with E-state index in [0.717, 1.165) is 16.3 Å². The average molecular weight is 343 g/mol. The van der Waals surface area contributed by atoms with Crippen molar-refractivity contribution in [3.05, 3.63) is 54.6 Å². The van der Waals surface area contributed by atoms with E-state index in [1.54, 1.807) is 16.7 Å². The van der Waals surface area contributed by atoms with Gasteiger partial charge in [0.1, 0.15) is 0 Å². The second-order valence-corrected chi connectivity index (χ2v) is 6.81. The van der Waals surface area contributed by atoms with Gasteiger partial charge in [0.05, 0.1) is 24.3 Å². The van der Waals surface area contributed by atoms with Gasteiger partial charge in [0, 0.05) is 10.6 Å². The van der Waals surface area contributed by atoms with Gasteiger partial charge in [-0.25, -0.2) is 0 Å². The van der Waals surface area contributed by atoms with Crippen LogP contribution in [0.2, 0.25) is 0 Å². The van der Waals surface area contributed by atoms with E-state index in [1.807, 2.05) is 81.6 Å². The first kappa shape index (κ1) is 18.6. The van der Waals surface area contributed by atoms with Crippen LogP contribution in [0.15, 0.2) is 59.5 Å². The fourth-order valence-electron chi connectivity index (χ4n) is 2.41. The largest absolute Gasteiger partial charge is 0.378 e. The summed E-state index contributed by atoms with van der Waals surface area (Å²) in [6, 6.07) is 17.8. The molecule has 0 fully saturated rings. The summed E-state index contributed by atoms with van der Waals surface area (Å²) in [5.74, 6) is -0.175. The lowest BCUT2D eigenvalue weighted by Gasteiger charge is -2.28. The molecule has 0 bridgehead atoms. The Morgan fingerprint density at radius 1 is 1.04 bits per heavy atom. The third-order valence-electron chi connectivity index (χ3n) is 3.66. The van der Waals surface area contributed by atoms with E-state index in [2.05, 4.69) is 0 Å². The SMILES string of the molecule is CSc1ccccc1N(C(=O)C(C)COC(C)C)c1ccccc1. The van der Waals surface area contributed by atoms with E-state index in [4.69, 9.17) is 4.74 Å². The van der Waals surface area contributed by atoms with E-state index in [-0.39, 0.29) is 17.9 Å². The first-order valence-electron chi connectivity index (χ1n) is 8.18. The molecule has 4 heteroatoms. The summed E-state index contributed by atoms with van der Waals surface area (Å²) < 4.78 is 5.65. The number of thioether (sulfide) groups is 1. The minimum atomic E-state index is -0.220. The molecule has 1 atom stereocenters. The lowest BCUT2D eigenvalue weighted by molar-refractivity contribution is -0.123. The van der Waals surface area contributed by atoms with Crippen LogP contribution in [-0.2, 0) is 9.53 Å². The van der Waals surface area contributed by atoms with Crippen molar-refractivity contribution >= 4 is 29.0 Å². The van der Waals surface area contributed by atoms with Gasteiger partial charge in [-0.05, 0) is 44.4 Å². The van der Waals surface area contributed by atoms with Crippen LogP contribution in [0, 0.1) is 5.92 Å². The Labute approximate surface area is 149 Å². The zero-order valence-electron chi connectivity index (χ0n) is 14.7. The zero-order valence-corrected chi connectivity index (χ0v) is 15.5. The molecule has 0 aromatic heterocycles. The predicted octanol–water partition coefficient (Wildman–Crippen LogP) is 5.13. The monoisotopic (exact) mass is 343 g/mol. The van der Waals surface area contributed by atoms with E-state index in [9.17, 15) is 4.79 Å². The molecule has 2 aromatic carbocycles. The lowest BCUT2D eigenvalue weighted by Crippen LogP contribution is -2.34. The van der Waals surface area contributed by atoms with Gasteiger partial charge in [-0.3, -0.25) is 9.69 Å². The van der Waals surface area contributed by atoms with Crippen LogP contribution < -0.4 is 4.90 Å². The number of ether oxygens (including phenoxy) is 1. The Hall–Kier alpha value is -1.78. The van der Waals surface area contributed by atoms with Gasteiger partial charge in [-0.2, -0.15) is 0 Å². The summed E-state index contributed by atoms with van der Waals surface area (Å²) in [5, 5.41) is 0. The summed E-state index contributed by atoms with van der Waals surface area (Å²) in [6.45, 7) is 6.30. The first-order valence-corrected chi connectivity index (χ1v) is 9.40. The molecule has 0 aliphatic rings. The number of nitrogens with zero attached hydrogens (tertiary/aromatic N) is 1. The topological polar surface area (TPSA) is 29.5 Å². The van der Waals surface area contributed by atoms with Gasteiger partial charge in [0.25, 0.3) is 0 Å². The Balaban J connectivity index is 2.39. The maximum atomic E-state index is 13.2. The maximum absolute atomic E-state index is 13.2. The molecular formula is C20H25NO2S. The number of hydrogen-bond acceptors (Lipinski definition) is 3. The summed E-state index contributed by atoms with van der Waals surface area (Å²) in [7, 11) is 0. The number of para-hydroxylation sites is 2. The third-order valence-corrected chi connectivity index (χ3v) is 4.45. The Morgan fingerprint density at radius 2 is 1.67 bits per heavy atom. The van der Waals surface area contributed by atoms with Crippen LogP contribution in [0.3, 0.4) is 0 Å². The van der Waals surface area contributed by atoms with Crippen LogP contribution in [0.4, 0.5) is 11.4 Å². The minimum absolute atomic E-state index is 0.0448. The summed E-state index contributed by atoms with van der Waals surface area (Å²) in [6.07, 6.45) is 2.14. The average Bonchev–Trinajstić information content (AvgIpc) is 2.61. The van der Waals surface area contributed by atoms with E-state index in [1.165, 1.54) is 0 Å². The van der Waals surface area contributed by atoms with Gasteiger partial charge in [0.15, 0.2) is 0 Å². The van der Waals surface area contributed by atoms with Crippen LogP contribution in [0.5, 0.6) is 0 Å². The fraction of sp³-hybridized carbons (Fsp3) is 0.350. The van der Waals surface area contributed by atoms with Crippen molar-refractivity contribution in [1.82, 2.24) is 0 Å². The van der Waals surface area contributed by atoms with Crippen molar-refractivity contribution in [2.24, 2.45) is 5.92 Å². The number of rotatable bonds is 7. The van der Waals surface area contributed by atoms with Crippen LogP contribution in [0.1, 0.15) is 20.8 Å². The predicted molar refractivity (Wildman–Crippen MR) is 102 cm³/mol. The molecular weight excluding hydrogens is 318 g/mol. The molecule has 1 amide bonds. The number of hydrogen-bond donors (Lipinski definition) is 0. The van der Waals surface area contributed by atoms with E-state index >= 15 is 0 Å². The van der Waals surface area contributed by atoms with Crippen molar-refractivity contribution in [3.8, 4) is 0 Å². The molecule has 0 aliphatic heterocycles. The van der Waals surface area contributed by atoms with Gasteiger partial charge in [-0.1, -0.05) is 37.3 Å². The highest BCUT2D eigenvalue weighted by Crippen LogP contribution is 2.34. The quantitative estimate of drug-likeness (QED) is 0.652. The summed E-state index contributed by atoms with van der Waals surface area (Å²) >= 11 is 1.64. The highest BCUT2D eigenvalue weighted by Gasteiger charge is 2.25. The Bertz CT molecular complexity index is 658. The number of benzene rings is 2. The minimum Gasteiger partial charge on any atom is -0.378 e. The standard InChI is InChI=1S/C20H25NO2S/c1-15(2)23-14-16(3)20(22)21(17-10-6-5-7-11-17)18-12-8-9-13-19(18)24-4/h5-13,15-16H,14H2,1-4H3. The molecule has 24 heavy (non-hydrogen) atoms. The lowest BCUT2D eigenvalue weighted by atomic mass is 10.1. The smallest absolute Gasteiger partial charge is 0.236 e. The molecule has 0 heterocycles. The van der Waals surface area contributed by atoms with Crippen molar-refractivity contribution in [3.63, 3.8) is 0 Å². The number of carbonyl (C=O) groups excluding carboxylic acids is 1. The number of carbonyl (C=O) groups is 1. The van der Waals surface area contributed by atoms with Crippen molar-refractivity contribution in [1.29, 1.82) is 0 Å². The molecule has 0 N–H and O–H groups in total. The van der Waals surface area contributed by atoms with Crippen molar-refractivity contribution in [2.75, 3.05) is 17.8 Å². The third kappa shape index (κ3) is 4.62. The second kappa shape index (κ2) is 8.90. The Kier molecular flexibility index (Phi) is 6.88. The number of anilines is 2. The highest BCUT2D eigenvalue weighted by atomic mass is 32.2. The first-order chi connectivity index (χ1) is 11.5. The molecule has 0 saturated carbocycles. The molecule has 1 unspecified atom stereocenters. The molecule has 128 valence electrons. The van der Waals surface area contributed by atoms with Crippen molar-refractivity contribution in [2.45, 2.75) is 31.8 Å². The van der Waals surface area contributed by atoms with Gasteiger partial charge < -0.3 is 4.74 Å². The second-order valence-electron chi connectivity index (χ2n) is 5.96. The maximum Gasteiger partial charge on any atom is 0.236 e. The molecule has 3 nitrogen and oxygen atoms in total. The van der Waals surface area contributed by atoms with Crippen LogP contribution in [0.25, 0.3) is 0 Å². The molecule has 0 radical (unpaired) electrons. The summed E-state index contributed by atoms with van der Waals surface area (Å²) in [5.41, 5.74) is 1.79. The Morgan fingerprint density at radius 3 is 2.29 bits per heavy atom. The van der Waals surface area contributed by atoms with E-state index < -0.39 is 0 Å². The van der Waals surface area contributed by atoms with E-state index in [0.29, 0.717) is 6.61 Å². The highest BCUT2D eigenvalue weighted by molar-refractivity contribution is 7.98.